The van der Waals surface area contributed by atoms with Gasteiger partial charge in [0.25, 0.3) is 0 Å². The highest BCUT2D eigenvalue weighted by Gasteiger charge is 2.47. The fourth-order valence-electron chi connectivity index (χ4n) is 4.19. The minimum atomic E-state index is -6.72. The molecule has 1 heterocycles. The van der Waals surface area contributed by atoms with Crippen LogP contribution in [0.2, 0.25) is 6.04 Å². The summed E-state index contributed by atoms with van der Waals surface area (Å²) in [6.07, 6.45) is 12.3. The Morgan fingerprint density at radius 3 is 1.50 bits per heavy atom. The summed E-state index contributed by atoms with van der Waals surface area (Å²) in [6.45, 7) is 7.66. The van der Waals surface area contributed by atoms with Crippen molar-refractivity contribution in [2.24, 2.45) is 0 Å². The highest BCUT2D eigenvalue weighted by Crippen LogP contribution is 2.36. The topological polar surface area (TPSA) is 110 Å². The minimum Gasteiger partial charge on any atom is -0.421 e. The molecule has 1 saturated heterocycles. The molecule has 1 fully saturated rings. The van der Waals surface area contributed by atoms with Crippen LogP contribution in [0.15, 0.2) is 0 Å². The zero-order valence-electron chi connectivity index (χ0n) is 22.2. The Balaban J connectivity index is 0.000000793. The van der Waals surface area contributed by atoms with E-state index in [0.29, 0.717) is 0 Å². The maximum atomic E-state index is 11.4. The van der Waals surface area contributed by atoms with Crippen molar-refractivity contribution in [3.8, 4) is 0 Å². The number of quaternary nitrogens is 1. The van der Waals surface area contributed by atoms with Crippen molar-refractivity contribution in [3.63, 3.8) is 0 Å². The summed E-state index contributed by atoms with van der Waals surface area (Å²) in [6, 6.07) is 0.938. The fraction of sp³-hybridized carbons (Fsp3) is 1.00. The van der Waals surface area contributed by atoms with Gasteiger partial charge in [-0.3, -0.25) is 0 Å². The summed E-state index contributed by atoms with van der Waals surface area (Å²) in [7, 11) is -10.7. The average molecular weight is 627 g/mol. The molecular weight excluding hydrogens is 586 g/mol. The van der Waals surface area contributed by atoms with Gasteiger partial charge >= 0.3 is 19.8 Å². The Labute approximate surface area is 223 Å². The van der Waals surface area contributed by atoms with Crippen LogP contribution in [0.4, 0.5) is 26.3 Å². The van der Waals surface area contributed by atoms with E-state index in [1.807, 2.05) is 0 Å². The quantitative estimate of drug-likeness (QED) is 0.0992. The van der Waals surface area contributed by atoms with Gasteiger partial charge in [-0.05, 0) is 12.8 Å². The second kappa shape index (κ2) is 16.1. The highest BCUT2D eigenvalue weighted by atomic mass is 32.3. The Morgan fingerprint density at radius 1 is 0.711 bits per heavy atom. The zero-order valence-corrected chi connectivity index (χ0v) is 24.9. The van der Waals surface area contributed by atoms with Gasteiger partial charge in [0.15, 0.2) is 20.0 Å². The maximum absolute atomic E-state index is 11.4. The third-order valence-electron chi connectivity index (χ3n) is 6.33. The lowest BCUT2D eigenvalue weighted by Crippen LogP contribution is -2.48. The molecule has 0 bridgehead atoms. The third kappa shape index (κ3) is 12.3. The predicted octanol–water partition coefficient (Wildman–Crippen LogP) is 5.29. The Morgan fingerprint density at radius 2 is 1.11 bits per heavy atom. The van der Waals surface area contributed by atoms with Crippen LogP contribution in [0, 0.1) is 0 Å². The first-order chi connectivity index (χ1) is 17.4. The number of hydrogen-bond donors (Lipinski definition) is 0. The molecule has 0 atom stereocenters. The SMILES string of the molecule is CCCCCCCC[N+]1(CCC[Si](OC)(OC)OC)CCCC1.O=S(=O)([N-]S(=O)(=O)C(F)(F)F)C(F)(F)F. The van der Waals surface area contributed by atoms with E-state index in [-0.39, 0.29) is 0 Å². The smallest absolute Gasteiger partial charge is 0.421 e. The standard InChI is InChI=1S/C18H40NO3Si.C2F6NO4S2/c1-5-6-7-8-9-10-14-19(15-11-12-16-19)17-13-18-23(20-2,21-3)22-4;3-1(4,5)14(10,11)9-15(12,13)2(6,7)8/h5-18H2,1-4H3;/q+1;-1. The number of nitrogens with zero attached hydrogens (tertiary/aromatic N) is 2. The second-order valence-corrected chi connectivity index (χ2v) is 15.5. The van der Waals surface area contributed by atoms with Crippen LogP contribution in [0.3, 0.4) is 0 Å². The van der Waals surface area contributed by atoms with E-state index in [2.05, 4.69) is 6.92 Å². The van der Waals surface area contributed by atoms with Crippen LogP contribution in [0.5, 0.6) is 0 Å². The van der Waals surface area contributed by atoms with Gasteiger partial charge in [0.1, 0.15) is 0 Å². The first kappa shape index (κ1) is 37.5. The van der Waals surface area contributed by atoms with Gasteiger partial charge in [0.2, 0.25) is 0 Å². The number of sulfonamides is 2. The summed E-state index contributed by atoms with van der Waals surface area (Å²) in [4.78, 5) is 0. The molecule has 18 heteroatoms. The molecule has 0 aromatic rings. The van der Waals surface area contributed by atoms with E-state index in [4.69, 9.17) is 13.3 Å². The number of halogens is 6. The van der Waals surface area contributed by atoms with Crippen molar-refractivity contribution in [2.75, 3.05) is 47.5 Å². The molecule has 1 rings (SSSR count). The molecule has 0 spiro atoms. The van der Waals surface area contributed by atoms with Crippen molar-refractivity contribution in [1.82, 2.24) is 0 Å². The molecule has 0 saturated carbocycles. The number of alkyl halides is 6. The van der Waals surface area contributed by atoms with Crippen LogP contribution in [-0.4, -0.2) is 88.6 Å². The van der Waals surface area contributed by atoms with Gasteiger partial charge in [-0.25, -0.2) is 16.8 Å². The molecule has 1 aliphatic rings. The van der Waals surface area contributed by atoms with Gasteiger partial charge in [0.05, 0.1) is 26.2 Å². The van der Waals surface area contributed by atoms with E-state index in [1.165, 1.54) is 82.0 Å². The monoisotopic (exact) mass is 626 g/mol. The average Bonchev–Trinajstić information content (AvgIpc) is 3.26. The van der Waals surface area contributed by atoms with Gasteiger partial charge < -0.3 is 21.9 Å². The molecule has 0 aliphatic carbocycles. The van der Waals surface area contributed by atoms with Crippen molar-refractivity contribution in [1.29, 1.82) is 0 Å². The van der Waals surface area contributed by atoms with E-state index in [0.717, 1.165) is 16.6 Å². The lowest BCUT2D eigenvalue weighted by atomic mass is 10.1. The second-order valence-electron chi connectivity index (χ2n) is 9.03. The van der Waals surface area contributed by atoms with Crippen molar-refractivity contribution < 1.29 is 60.9 Å². The Hall–Kier alpha value is -0.503. The van der Waals surface area contributed by atoms with Gasteiger partial charge in [-0.1, -0.05) is 32.6 Å². The molecule has 0 amide bonds. The fourth-order valence-corrected chi connectivity index (χ4v) is 7.61. The van der Waals surface area contributed by atoms with E-state index < -0.39 is 39.9 Å². The molecule has 9 nitrogen and oxygen atoms in total. The van der Waals surface area contributed by atoms with Gasteiger partial charge in [-0.2, -0.15) is 26.3 Å². The maximum Gasteiger partial charge on any atom is 0.500 e. The summed E-state index contributed by atoms with van der Waals surface area (Å²) in [5.74, 6) is 0. The highest BCUT2D eigenvalue weighted by molar-refractivity contribution is 8.13. The lowest BCUT2D eigenvalue weighted by Gasteiger charge is -2.35. The molecule has 0 aromatic heterocycles. The van der Waals surface area contributed by atoms with E-state index in [1.54, 1.807) is 21.3 Å². The van der Waals surface area contributed by atoms with Crippen LogP contribution < -0.4 is 0 Å². The molecule has 0 radical (unpaired) electrons. The number of unbranched alkanes of at least 4 members (excludes halogenated alkanes) is 5. The zero-order chi connectivity index (χ0) is 29.7. The normalized spacial score (nSPS) is 16.8. The molecule has 230 valence electrons. The van der Waals surface area contributed by atoms with Crippen LogP contribution >= 0.6 is 0 Å². The summed E-state index contributed by atoms with van der Waals surface area (Å²) in [5.41, 5.74) is -12.4. The van der Waals surface area contributed by atoms with E-state index in [9.17, 15) is 43.2 Å². The molecule has 38 heavy (non-hydrogen) atoms. The molecule has 0 N–H and O–H groups in total. The van der Waals surface area contributed by atoms with E-state index >= 15 is 0 Å². The molecule has 1 aliphatic heterocycles. The molecule has 0 unspecified atom stereocenters. The first-order valence-corrected chi connectivity index (χ1v) is 17.0. The predicted molar refractivity (Wildman–Crippen MR) is 132 cm³/mol. The third-order valence-corrected chi connectivity index (χ3v) is 11.9. The number of rotatable bonds is 16. The van der Waals surface area contributed by atoms with Crippen molar-refractivity contribution in [2.45, 2.75) is 81.8 Å². The van der Waals surface area contributed by atoms with Crippen LogP contribution in [-0.2, 0) is 33.3 Å². The molecular formula is C20H40F6N2O7S2Si. The number of likely N-dealkylation sites (tertiary alicyclic amines) is 1. The minimum absolute atomic E-state index is 0.778. The first-order valence-electron chi connectivity index (χ1n) is 12.2. The Bertz CT molecular complexity index is 827. The number of hydrogen-bond acceptors (Lipinski definition) is 7. The summed E-state index contributed by atoms with van der Waals surface area (Å²) >= 11 is 0. The van der Waals surface area contributed by atoms with Gasteiger partial charge in [0, 0.05) is 46.6 Å². The van der Waals surface area contributed by atoms with Gasteiger partial charge in [-0.15, -0.1) is 0 Å². The summed E-state index contributed by atoms with van der Waals surface area (Å²) in [5, 5.41) is 0. The van der Waals surface area contributed by atoms with Crippen molar-refractivity contribution in [3.05, 3.63) is 4.13 Å². The van der Waals surface area contributed by atoms with Crippen molar-refractivity contribution >= 4 is 28.9 Å². The summed E-state index contributed by atoms with van der Waals surface area (Å²) < 4.78 is 127. The largest absolute Gasteiger partial charge is 0.500 e. The Kier molecular flexibility index (Phi) is 15.9. The lowest BCUT2D eigenvalue weighted by molar-refractivity contribution is -0.917. The van der Waals surface area contributed by atoms with Crippen LogP contribution in [0.1, 0.15) is 64.7 Å². The van der Waals surface area contributed by atoms with Crippen LogP contribution in [0.25, 0.3) is 4.13 Å². The molecule has 0 aromatic carbocycles.